The van der Waals surface area contributed by atoms with Crippen LogP contribution in [0.15, 0.2) is 30.3 Å². The van der Waals surface area contributed by atoms with Gasteiger partial charge in [-0.05, 0) is 12.5 Å². The smallest absolute Gasteiger partial charge is 0.333 e. The van der Waals surface area contributed by atoms with Gasteiger partial charge in [0.25, 0.3) is 0 Å². The predicted octanol–water partition coefficient (Wildman–Crippen LogP) is 1.06. The van der Waals surface area contributed by atoms with Crippen LogP contribution in [0.25, 0.3) is 0 Å². The molecule has 114 valence electrons. The summed E-state index contributed by atoms with van der Waals surface area (Å²) < 4.78 is 4.66. The number of esters is 1. The number of urea groups is 1. The maximum absolute atomic E-state index is 11.8. The van der Waals surface area contributed by atoms with E-state index >= 15 is 0 Å². The molecule has 1 aromatic carbocycles. The Morgan fingerprint density at radius 1 is 1.19 bits per heavy atom. The minimum atomic E-state index is -1.02. The number of nitrogens with one attached hydrogen (secondary N) is 2. The number of carbonyl (C=O) groups excluding carboxylic acids is 2. The molecule has 7 nitrogen and oxygen atoms in total. The number of benzene rings is 1. The summed E-state index contributed by atoms with van der Waals surface area (Å²) in [6.45, 7) is 1.56. The lowest BCUT2D eigenvalue weighted by Gasteiger charge is -2.19. The summed E-state index contributed by atoms with van der Waals surface area (Å²) in [7, 11) is 1.23. The Morgan fingerprint density at radius 3 is 2.33 bits per heavy atom. The van der Waals surface area contributed by atoms with E-state index in [-0.39, 0.29) is 6.42 Å². The Morgan fingerprint density at radius 2 is 1.81 bits per heavy atom. The van der Waals surface area contributed by atoms with Crippen molar-refractivity contribution < 1.29 is 24.2 Å². The van der Waals surface area contributed by atoms with Gasteiger partial charge in [0.2, 0.25) is 0 Å². The summed E-state index contributed by atoms with van der Waals surface area (Å²) in [5, 5.41) is 13.6. The van der Waals surface area contributed by atoms with Gasteiger partial charge < -0.3 is 20.5 Å². The lowest BCUT2D eigenvalue weighted by Crippen LogP contribution is -2.45. The van der Waals surface area contributed by atoms with Crippen molar-refractivity contribution in [1.82, 2.24) is 10.6 Å². The quantitative estimate of drug-likeness (QED) is 0.680. The summed E-state index contributed by atoms with van der Waals surface area (Å²) in [6.07, 6.45) is -0.207. The normalized spacial score (nSPS) is 12.9. The molecule has 0 spiro atoms. The first kappa shape index (κ1) is 16.5. The molecule has 7 heteroatoms. The molecular weight excluding hydrogens is 276 g/mol. The second-order valence-electron chi connectivity index (χ2n) is 4.48. The Kier molecular flexibility index (Phi) is 6.19. The van der Waals surface area contributed by atoms with Crippen molar-refractivity contribution in [3.63, 3.8) is 0 Å². The van der Waals surface area contributed by atoms with Crippen molar-refractivity contribution in [2.24, 2.45) is 0 Å². The molecule has 0 bridgehead atoms. The van der Waals surface area contributed by atoms with Crippen LogP contribution in [0.2, 0.25) is 0 Å². The molecule has 21 heavy (non-hydrogen) atoms. The molecule has 0 saturated carbocycles. The lowest BCUT2D eigenvalue weighted by atomic mass is 10.1. The van der Waals surface area contributed by atoms with Crippen LogP contribution in [-0.4, -0.2) is 36.2 Å². The first-order valence-electron chi connectivity index (χ1n) is 6.35. The highest BCUT2D eigenvalue weighted by Crippen LogP contribution is 2.13. The molecule has 0 aliphatic heterocycles. The number of hydrogen-bond acceptors (Lipinski definition) is 4. The van der Waals surface area contributed by atoms with E-state index in [1.165, 1.54) is 7.11 Å². The fraction of sp³-hybridized carbons (Fsp3) is 0.357. The maximum atomic E-state index is 11.8. The fourth-order valence-electron chi connectivity index (χ4n) is 1.75. The summed E-state index contributed by atoms with van der Waals surface area (Å²) in [4.78, 5) is 34.1. The van der Waals surface area contributed by atoms with E-state index in [1.54, 1.807) is 37.3 Å². The van der Waals surface area contributed by atoms with Crippen LogP contribution < -0.4 is 10.6 Å². The molecule has 2 amide bonds. The van der Waals surface area contributed by atoms with Crippen molar-refractivity contribution >= 4 is 18.0 Å². The minimum absolute atomic E-state index is 0.207. The van der Waals surface area contributed by atoms with Gasteiger partial charge in [-0.3, -0.25) is 4.79 Å². The van der Waals surface area contributed by atoms with Crippen LogP contribution in [0.4, 0.5) is 4.79 Å². The number of ether oxygens (including phenoxy) is 1. The zero-order chi connectivity index (χ0) is 15.8. The number of hydrogen-bond donors (Lipinski definition) is 3. The summed E-state index contributed by atoms with van der Waals surface area (Å²) >= 11 is 0. The first-order chi connectivity index (χ1) is 9.93. The van der Waals surface area contributed by atoms with Crippen LogP contribution in [0.5, 0.6) is 0 Å². The average molecular weight is 294 g/mol. The highest BCUT2D eigenvalue weighted by atomic mass is 16.5. The molecule has 0 saturated heterocycles. The predicted molar refractivity (Wildman–Crippen MR) is 74.6 cm³/mol. The molecule has 3 N–H and O–H groups in total. The van der Waals surface area contributed by atoms with E-state index in [0.29, 0.717) is 5.56 Å². The monoisotopic (exact) mass is 294 g/mol. The molecule has 0 heterocycles. The van der Waals surface area contributed by atoms with E-state index < -0.39 is 30.1 Å². The van der Waals surface area contributed by atoms with Gasteiger partial charge in [0.1, 0.15) is 0 Å². The van der Waals surface area contributed by atoms with Gasteiger partial charge in [0, 0.05) is 6.04 Å². The molecule has 0 radical (unpaired) electrons. The highest BCUT2D eigenvalue weighted by molar-refractivity contribution is 5.85. The molecular formula is C14H18N2O5. The van der Waals surface area contributed by atoms with E-state index in [2.05, 4.69) is 15.4 Å². The number of aliphatic carboxylic acids is 1. The van der Waals surface area contributed by atoms with Crippen LogP contribution >= 0.6 is 0 Å². The van der Waals surface area contributed by atoms with Crippen LogP contribution in [0.1, 0.15) is 24.9 Å². The largest absolute Gasteiger partial charge is 0.481 e. The van der Waals surface area contributed by atoms with Gasteiger partial charge in [0.05, 0.1) is 13.5 Å². The Hall–Kier alpha value is -2.57. The summed E-state index contributed by atoms with van der Waals surface area (Å²) in [6, 6.07) is 6.47. The molecule has 1 aromatic rings. The third kappa shape index (κ3) is 5.52. The average Bonchev–Trinajstić information content (AvgIpc) is 2.43. The van der Waals surface area contributed by atoms with Crippen molar-refractivity contribution in [1.29, 1.82) is 0 Å². The topological polar surface area (TPSA) is 105 Å². The molecule has 0 aromatic heterocycles. The summed E-state index contributed by atoms with van der Waals surface area (Å²) in [5.41, 5.74) is 0.574. The number of carbonyl (C=O) groups is 3. The maximum Gasteiger partial charge on any atom is 0.333 e. The zero-order valence-electron chi connectivity index (χ0n) is 11.8. The van der Waals surface area contributed by atoms with Crippen LogP contribution in [-0.2, 0) is 14.3 Å². The van der Waals surface area contributed by atoms with Gasteiger partial charge in [-0.2, -0.15) is 0 Å². The molecule has 2 atom stereocenters. The van der Waals surface area contributed by atoms with Crippen molar-refractivity contribution in [3.05, 3.63) is 35.9 Å². The second kappa shape index (κ2) is 7.88. The molecule has 0 aliphatic rings. The van der Waals surface area contributed by atoms with Crippen LogP contribution in [0, 0.1) is 0 Å². The van der Waals surface area contributed by atoms with Crippen molar-refractivity contribution in [2.75, 3.05) is 7.11 Å². The zero-order valence-corrected chi connectivity index (χ0v) is 11.8. The third-order valence-electron chi connectivity index (χ3n) is 2.70. The Labute approximate surface area is 122 Å². The van der Waals surface area contributed by atoms with Gasteiger partial charge in [0.15, 0.2) is 6.04 Å². The molecule has 2 unspecified atom stereocenters. The van der Waals surface area contributed by atoms with Gasteiger partial charge >= 0.3 is 18.0 Å². The Balaban J connectivity index is 2.72. The standard InChI is InChI=1S/C14H18N2O5/c1-9(8-11(17)18)15-14(20)16-12(13(19)21-2)10-6-4-3-5-7-10/h3-7,9,12H,8H2,1-2H3,(H,17,18)(H2,15,16,20). The van der Waals surface area contributed by atoms with Gasteiger partial charge in [-0.25, -0.2) is 9.59 Å². The number of carboxylic acids is 1. The van der Waals surface area contributed by atoms with E-state index in [4.69, 9.17) is 5.11 Å². The lowest BCUT2D eigenvalue weighted by molar-refractivity contribution is -0.143. The van der Waals surface area contributed by atoms with Crippen LogP contribution in [0.3, 0.4) is 0 Å². The second-order valence-corrected chi connectivity index (χ2v) is 4.48. The van der Waals surface area contributed by atoms with Crippen molar-refractivity contribution in [2.45, 2.75) is 25.4 Å². The molecule has 1 rings (SSSR count). The fourth-order valence-corrected chi connectivity index (χ4v) is 1.75. The van der Waals surface area contributed by atoms with Gasteiger partial charge in [-0.15, -0.1) is 0 Å². The third-order valence-corrected chi connectivity index (χ3v) is 2.70. The minimum Gasteiger partial charge on any atom is -0.481 e. The Bertz CT molecular complexity index is 503. The SMILES string of the molecule is COC(=O)C(NC(=O)NC(C)CC(=O)O)c1ccccc1. The molecule has 0 fully saturated rings. The highest BCUT2D eigenvalue weighted by Gasteiger charge is 2.24. The first-order valence-corrected chi connectivity index (χ1v) is 6.35. The molecule has 0 aliphatic carbocycles. The van der Waals surface area contributed by atoms with E-state index in [9.17, 15) is 14.4 Å². The number of rotatable bonds is 6. The number of carboxylic acid groups (broad SMARTS) is 1. The summed E-state index contributed by atoms with van der Waals surface area (Å²) in [5.74, 6) is -1.63. The van der Waals surface area contributed by atoms with Gasteiger partial charge in [-0.1, -0.05) is 30.3 Å². The van der Waals surface area contributed by atoms with E-state index in [1.807, 2.05) is 0 Å². The van der Waals surface area contributed by atoms with E-state index in [0.717, 1.165) is 0 Å². The number of methoxy groups -OCH3 is 1. The van der Waals surface area contributed by atoms with Crippen molar-refractivity contribution in [3.8, 4) is 0 Å². The number of amides is 2.